The standard InChI is InChI=1S/C6H7F3O4S.H2S/c7-6(8,9)14(11,12)13-5-3-1-2-4(5)10;/h5H,1-3H2;1H2. The number of carbonyl (C=O) groups is 1. The van der Waals surface area contributed by atoms with Gasteiger partial charge in [0.2, 0.25) is 0 Å². The van der Waals surface area contributed by atoms with Gasteiger partial charge in [-0.1, -0.05) is 0 Å². The molecule has 0 amide bonds. The van der Waals surface area contributed by atoms with Crippen molar-refractivity contribution in [1.82, 2.24) is 0 Å². The van der Waals surface area contributed by atoms with Crippen molar-refractivity contribution >= 4 is 29.4 Å². The Morgan fingerprint density at radius 2 is 1.87 bits per heavy atom. The van der Waals surface area contributed by atoms with Gasteiger partial charge in [-0.3, -0.25) is 8.98 Å². The lowest BCUT2D eigenvalue weighted by Crippen LogP contribution is -2.31. The lowest BCUT2D eigenvalue weighted by molar-refractivity contribution is -0.123. The summed E-state index contributed by atoms with van der Waals surface area (Å²) >= 11 is 0. The molecule has 15 heavy (non-hydrogen) atoms. The van der Waals surface area contributed by atoms with Gasteiger partial charge in [0.1, 0.15) is 6.10 Å². The molecule has 1 aliphatic carbocycles. The molecule has 0 aromatic carbocycles. The van der Waals surface area contributed by atoms with Gasteiger partial charge in [-0.2, -0.15) is 35.1 Å². The van der Waals surface area contributed by atoms with E-state index in [1.165, 1.54) is 0 Å². The molecule has 1 fully saturated rings. The topological polar surface area (TPSA) is 60.4 Å². The average Bonchev–Trinajstić information content (AvgIpc) is 2.33. The molecule has 0 N–H and O–H groups in total. The van der Waals surface area contributed by atoms with E-state index in [-0.39, 0.29) is 26.3 Å². The Hall–Kier alpha value is -0.280. The number of alkyl halides is 3. The minimum absolute atomic E-state index is 0. The SMILES string of the molecule is O=C1CCCC1OS(=O)(=O)C(F)(F)F.S. The van der Waals surface area contributed by atoms with Crippen molar-refractivity contribution in [3.8, 4) is 0 Å². The maximum absolute atomic E-state index is 11.8. The van der Waals surface area contributed by atoms with Crippen LogP contribution in [0, 0.1) is 0 Å². The van der Waals surface area contributed by atoms with Crippen LogP contribution in [-0.2, 0) is 19.1 Å². The van der Waals surface area contributed by atoms with E-state index in [0.717, 1.165) is 0 Å². The third-order valence-electron chi connectivity index (χ3n) is 1.77. The van der Waals surface area contributed by atoms with Crippen LogP contribution in [0.4, 0.5) is 13.2 Å². The fraction of sp³-hybridized carbons (Fsp3) is 0.833. The summed E-state index contributed by atoms with van der Waals surface area (Å²) in [5, 5.41) is 0. The van der Waals surface area contributed by atoms with Gasteiger partial charge in [0, 0.05) is 6.42 Å². The van der Waals surface area contributed by atoms with Crippen LogP contribution in [-0.4, -0.2) is 25.8 Å². The molecule has 1 unspecified atom stereocenters. The predicted molar refractivity (Wildman–Crippen MR) is 49.1 cm³/mol. The van der Waals surface area contributed by atoms with Crippen LogP contribution < -0.4 is 0 Å². The second-order valence-electron chi connectivity index (χ2n) is 2.84. The van der Waals surface area contributed by atoms with E-state index in [4.69, 9.17) is 0 Å². The van der Waals surface area contributed by atoms with Crippen molar-refractivity contribution in [3.05, 3.63) is 0 Å². The highest BCUT2D eigenvalue weighted by atomic mass is 32.2. The summed E-state index contributed by atoms with van der Waals surface area (Å²) in [7, 11) is -5.63. The molecule has 0 saturated heterocycles. The normalized spacial score (nSPS) is 22.6. The average molecular weight is 266 g/mol. The van der Waals surface area contributed by atoms with Gasteiger partial charge in [0.25, 0.3) is 0 Å². The Bertz CT molecular complexity index is 335. The van der Waals surface area contributed by atoms with Gasteiger partial charge < -0.3 is 0 Å². The first kappa shape index (κ1) is 14.7. The molecule has 0 bridgehead atoms. The summed E-state index contributed by atoms with van der Waals surface area (Å²) in [5.74, 6) is -0.599. The van der Waals surface area contributed by atoms with Gasteiger partial charge in [-0.05, 0) is 12.8 Å². The number of hydrogen-bond donors (Lipinski definition) is 0. The first-order chi connectivity index (χ1) is 6.24. The molecule has 0 heterocycles. The van der Waals surface area contributed by atoms with Crippen LogP contribution in [0.3, 0.4) is 0 Å². The highest BCUT2D eigenvalue weighted by molar-refractivity contribution is 7.87. The molecule has 4 nitrogen and oxygen atoms in total. The van der Waals surface area contributed by atoms with E-state index in [1.807, 2.05) is 0 Å². The van der Waals surface area contributed by atoms with Crippen LogP contribution in [0.2, 0.25) is 0 Å². The number of ketones is 1. The smallest absolute Gasteiger partial charge is 0.297 e. The summed E-state index contributed by atoms with van der Waals surface area (Å²) in [6.07, 6.45) is -1.01. The summed E-state index contributed by atoms with van der Waals surface area (Å²) < 4.78 is 60.1. The molecule has 0 aliphatic heterocycles. The number of hydrogen-bond acceptors (Lipinski definition) is 4. The monoisotopic (exact) mass is 266 g/mol. The molecule has 9 heteroatoms. The zero-order valence-electron chi connectivity index (χ0n) is 7.37. The van der Waals surface area contributed by atoms with Crippen molar-refractivity contribution in [2.75, 3.05) is 0 Å². The maximum atomic E-state index is 11.8. The highest BCUT2D eigenvalue weighted by Gasteiger charge is 2.49. The predicted octanol–water partition coefficient (Wildman–Crippen LogP) is 1.09. The van der Waals surface area contributed by atoms with Crippen molar-refractivity contribution in [2.24, 2.45) is 0 Å². The first-order valence-electron chi connectivity index (χ1n) is 3.76. The zero-order chi connectivity index (χ0) is 11.0. The van der Waals surface area contributed by atoms with Crippen LogP contribution in [0.1, 0.15) is 19.3 Å². The largest absolute Gasteiger partial charge is 0.523 e. The van der Waals surface area contributed by atoms with E-state index in [9.17, 15) is 26.4 Å². The van der Waals surface area contributed by atoms with Crippen molar-refractivity contribution in [1.29, 1.82) is 0 Å². The molecular formula is C6H9F3O4S2. The summed E-state index contributed by atoms with van der Waals surface area (Å²) in [4.78, 5) is 10.8. The van der Waals surface area contributed by atoms with Crippen molar-refractivity contribution < 1.29 is 30.6 Å². The summed E-state index contributed by atoms with van der Waals surface area (Å²) in [6.45, 7) is 0. The molecule has 1 atom stereocenters. The van der Waals surface area contributed by atoms with E-state index >= 15 is 0 Å². The molecule has 1 aliphatic rings. The number of halogens is 3. The summed E-state index contributed by atoms with van der Waals surface area (Å²) in [6, 6.07) is 0. The lowest BCUT2D eigenvalue weighted by Gasteiger charge is -2.11. The van der Waals surface area contributed by atoms with Gasteiger partial charge >= 0.3 is 15.6 Å². The molecular weight excluding hydrogens is 257 g/mol. The van der Waals surface area contributed by atoms with E-state index < -0.39 is 27.5 Å². The molecule has 0 aromatic rings. The Morgan fingerprint density at radius 1 is 1.33 bits per heavy atom. The molecule has 0 spiro atoms. The van der Waals surface area contributed by atoms with E-state index in [0.29, 0.717) is 6.42 Å². The molecule has 1 saturated carbocycles. The second-order valence-corrected chi connectivity index (χ2v) is 4.41. The lowest BCUT2D eigenvalue weighted by atomic mass is 10.3. The van der Waals surface area contributed by atoms with E-state index in [1.54, 1.807) is 0 Å². The van der Waals surface area contributed by atoms with Crippen LogP contribution in [0.25, 0.3) is 0 Å². The number of rotatable bonds is 2. The minimum atomic E-state index is -5.63. The Morgan fingerprint density at radius 3 is 2.20 bits per heavy atom. The second kappa shape index (κ2) is 4.71. The first-order valence-corrected chi connectivity index (χ1v) is 5.17. The third kappa shape index (κ3) is 3.35. The molecule has 0 aromatic heterocycles. The van der Waals surface area contributed by atoms with Gasteiger partial charge in [-0.15, -0.1) is 0 Å². The van der Waals surface area contributed by atoms with Crippen molar-refractivity contribution in [2.45, 2.75) is 30.9 Å². The van der Waals surface area contributed by atoms with Crippen molar-refractivity contribution in [3.63, 3.8) is 0 Å². The highest BCUT2D eigenvalue weighted by Crippen LogP contribution is 2.29. The number of Topliss-reactive ketones (excluding diaryl/α,β-unsaturated/α-hetero) is 1. The quantitative estimate of drug-likeness (QED) is 0.554. The maximum Gasteiger partial charge on any atom is 0.523 e. The Labute approximate surface area is 91.4 Å². The van der Waals surface area contributed by atoms with Crippen LogP contribution in [0.5, 0.6) is 0 Å². The molecule has 1 rings (SSSR count). The Balaban J connectivity index is 0.00000196. The minimum Gasteiger partial charge on any atom is -0.297 e. The van der Waals surface area contributed by atoms with Gasteiger partial charge in [0.15, 0.2) is 5.78 Å². The van der Waals surface area contributed by atoms with Gasteiger partial charge in [0.05, 0.1) is 0 Å². The molecule has 0 radical (unpaired) electrons. The number of carbonyl (C=O) groups excluding carboxylic acids is 1. The van der Waals surface area contributed by atoms with Gasteiger partial charge in [-0.25, -0.2) is 0 Å². The summed E-state index contributed by atoms with van der Waals surface area (Å²) in [5.41, 5.74) is -5.46. The van der Waals surface area contributed by atoms with E-state index in [2.05, 4.69) is 4.18 Å². The van der Waals surface area contributed by atoms with Crippen LogP contribution in [0.15, 0.2) is 0 Å². The zero-order valence-corrected chi connectivity index (χ0v) is 9.19. The fourth-order valence-corrected chi connectivity index (χ4v) is 1.71. The third-order valence-corrected chi connectivity index (χ3v) is 2.83. The molecule has 90 valence electrons. The van der Waals surface area contributed by atoms with Crippen LogP contribution >= 0.6 is 13.5 Å². The Kier molecular flexibility index (Phi) is 4.62. The fourth-order valence-electron chi connectivity index (χ4n) is 1.09.